The first kappa shape index (κ1) is 8.45. The van der Waals surface area contributed by atoms with Gasteiger partial charge in [0.05, 0.1) is 7.11 Å². The van der Waals surface area contributed by atoms with Crippen LogP contribution < -0.4 is 10.5 Å². The number of ether oxygens (including phenoxy) is 1. The highest BCUT2D eigenvalue weighted by molar-refractivity contribution is 5.65. The molecule has 0 radical (unpaired) electrons. The normalized spacial score (nSPS) is 9.50. The van der Waals surface area contributed by atoms with Crippen molar-refractivity contribution in [2.45, 2.75) is 0 Å². The number of rotatable bonds is 2. The van der Waals surface area contributed by atoms with E-state index in [-0.39, 0.29) is 17.1 Å². The third-order valence-electron chi connectivity index (χ3n) is 1.44. The lowest BCUT2D eigenvalue weighted by atomic mass is 10.2. The molecule has 0 aliphatic rings. The van der Waals surface area contributed by atoms with Gasteiger partial charge in [-0.25, -0.2) is 4.39 Å². The van der Waals surface area contributed by atoms with Gasteiger partial charge in [-0.15, -0.1) is 4.91 Å². The average molecular weight is 170 g/mol. The lowest BCUT2D eigenvalue weighted by Gasteiger charge is -2.03. The lowest BCUT2D eigenvalue weighted by Crippen LogP contribution is -1.94. The molecule has 0 heterocycles. The minimum absolute atomic E-state index is 0.0000926. The van der Waals surface area contributed by atoms with Crippen LogP contribution in [0.15, 0.2) is 17.3 Å². The molecule has 1 aromatic rings. The van der Waals surface area contributed by atoms with E-state index in [2.05, 4.69) is 9.91 Å². The molecule has 5 heteroatoms. The van der Waals surface area contributed by atoms with Crippen molar-refractivity contribution in [3.63, 3.8) is 0 Å². The first-order valence-corrected chi connectivity index (χ1v) is 3.16. The highest BCUT2D eigenvalue weighted by Gasteiger charge is 2.10. The van der Waals surface area contributed by atoms with E-state index < -0.39 is 5.82 Å². The summed E-state index contributed by atoms with van der Waals surface area (Å²) in [5.74, 6) is -0.755. The number of anilines is 1. The standard InChI is InChI=1S/C7H7FN2O2/c1-12-5-3-2-4(10-11)7(9)6(5)8/h2-3H,9H2,1H3. The smallest absolute Gasteiger partial charge is 0.190 e. The maximum atomic E-state index is 13.0. The van der Waals surface area contributed by atoms with Crippen LogP contribution in [-0.2, 0) is 0 Å². The van der Waals surface area contributed by atoms with E-state index >= 15 is 0 Å². The van der Waals surface area contributed by atoms with Gasteiger partial charge in [0, 0.05) is 0 Å². The minimum atomic E-state index is -0.755. The lowest BCUT2D eigenvalue weighted by molar-refractivity contribution is 0.387. The maximum Gasteiger partial charge on any atom is 0.190 e. The highest BCUT2D eigenvalue weighted by Crippen LogP contribution is 2.30. The first-order chi connectivity index (χ1) is 5.70. The Morgan fingerprint density at radius 1 is 1.58 bits per heavy atom. The molecular weight excluding hydrogens is 163 g/mol. The zero-order valence-corrected chi connectivity index (χ0v) is 6.37. The molecule has 0 amide bonds. The second-order valence-electron chi connectivity index (χ2n) is 2.11. The third-order valence-corrected chi connectivity index (χ3v) is 1.44. The molecule has 64 valence electrons. The van der Waals surface area contributed by atoms with Gasteiger partial charge in [0.25, 0.3) is 0 Å². The topological polar surface area (TPSA) is 64.7 Å². The number of nitroso groups, excluding NO2 is 1. The van der Waals surface area contributed by atoms with Crippen molar-refractivity contribution in [3.05, 3.63) is 22.9 Å². The first-order valence-electron chi connectivity index (χ1n) is 3.16. The maximum absolute atomic E-state index is 13.0. The number of halogens is 1. The summed E-state index contributed by atoms with van der Waals surface area (Å²) in [6.45, 7) is 0. The molecule has 0 saturated carbocycles. The van der Waals surface area contributed by atoms with Crippen molar-refractivity contribution >= 4 is 11.4 Å². The molecule has 12 heavy (non-hydrogen) atoms. The van der Waals surface area contributed by atoms with Crippen LogP contribution in [0, 0.1) is 10.7 Å². The molecular formula is C7H7FN2O2. The number of hydrogen-bond donors (Lipinski definition) is 1. The molecule has 0 atom stereocenters. The second-order valence-corrected chi connectivity index (χ2v) is 2.11. The number of nitrogens with zero attached hydrogens (tertiary/aromatic N) is 1. The van der Waals surface area contributed by atoms with Gasteiger partial charge >= 0.3 is 0 Å². The van der Waals surface area contributed by atoms with E-state index in [0.29, 0.717) is 0 Å². The van der Waals surface area contributed by atoms with E-state index in [1.165, 1.54) is 19.2 Å². The van der Waals surface area contributed by atoms with Gasteiger partial charge in [-0.2, -0.15) is 0 Å². The summed E-state index contributed by atoms with van der Waals surface area (Å²) < 4.78 is 17.6. The molecule has 0 aromatic heterocycles. The molecule has 1 rings (SSSR count). The van der Waals surface area contributed by atoms with Crippen LogP contribution in [-0.4, -0.2) is 7.11 Å². The van der Waals surface area contributed by atoms with Crippen LogP contribution >= 0.6 is 0 Å². The number of hydrogen-bond acceptors (Lipinski definition) is 4. The molecule has 4 nitrogen and oxygen atoms in total. The monoisotopic (exact) mass is 170 g/mol. The minimum Gasteiger partial charge on any atom is -0.494 e. The summed E-state index contributed by atoms with van der Waals surface area (Å²) in [5, 5.41) is 2.54. The van der Waals surface area contributed by atoms with Gasteiger partial charge in [0.15, 0.2) is 11.6 Å². The van der Waals surface area contributed by atoms with Crippen LogP contribution in [0.25, 0.3) is 0 Å². The predicted molar refractivity (Wildman–Crippen MR) is 42.8 cm³/mol. The average Bonchev–Trinajstić information content (AvgIpc) is 2.10. The van der Waals surface area contributed by atoms with E-state index in [1.54, 1.807) is 0 Å². The Bertz CT molecular complexity index is 315. The van der Waals surface area contributed by atoms with Crippen molar-refractivity contribution in [3.8, 4) is 5.75 Å². The Morgan fingerprint density at radius 3 is 2.75 bits per heavy atom. The van der Waals surface area contributed by atoms with Crippen molar-refractivity contribution in [1.29, 1.82) is 0 Å². The summed E-state index contributed by atoms with van der Waals surface area (Å²) in [6, 6.07) is 2.59. The second kappa shape index (κ2) is 3.17. The molecule has 2 N–H and O–H groups in total. The molecule has 0 aliphatic heterocycles. The summed E-state index contributed by atoms with van der Waals surface area (Å²) in [7, 11) is 1.31. The van der Waals surface area contributed by atoms with Gasteiger partial charge in [-0.1, -0.05) is 0 Å². The summed E-state index contributed by atoms with van der Waals surface area (Å²) >= 11 is 0. The highest BCUT2D eigenvalue weighted by atomic mass is 19.1. The molecule has 0 spiro atoms. The van der Waals surface area contributed by atoms with Crippen molar-refractivity contribution in [1.82, 2.24) is 0 Å². The molecule has 1 aromatic carbocycles. The summed E-state index contributed by atoms with van der Waals surface area (Å²) in [5.41, 5.74) is 4.82. The Kier molecular flexibility index (Phi) is 2.23. The van der Waals surface area contributed by atoms with Crippen LogP contribution in [0.1, 0.15) is 0 Å². The fourth-order valence-electron chi connectivity index (χ4n) is 0.800. The molecule has 0 unspecified atom stereocenters. The Morgan fingerprint density at radius 2 is 2.25 bits per heavy atom. The fourth-order valence-corrected chi connectivity index (χ4v) is 0.800. The molecule has 0 aliphatic carbocycles. The van der Waals surface area contributed by atoms with E-state index in [4.69, 9.17) is 5.73 Å². The van der Waals surface area contributed by atoms with Gasteiger partial charge in [-0.3, -0.25) is 0 Å². The van der Waals surface area contributed by atoms with E-state index in [0.717, 1.165) is 0 Å². The van der Waals surface area contributed by atoms with Crippen LogP contribution in [0.4, 0.5) is 15.8 Å². The van der Waals surface area contributed by atoms with Crippen molar-refractivity contribution < 1.29 is 9.13 Å². The number of methoxy groups -OCH3 is 1. The van der Waals surface area contributed by atoms with Gasteiger partial charge in [0.2, 0.25) is 0 Å². The zero-order valence-electron chi connectivity index (χ0n) is 6.37. The van der Waals surface area contributed by atoms with E-state index in [9.17, 15) is 9.30 Å². The van der Waals surface area contributed by atoms with E-state index in [1.807, 2.05) is 0 Å². The molecule has 0 fully saturated rings. The van der Waals surface area contributed by atoms with Gasteiger partial charge in [0.1, 0.15) is 11.4 Å². The number of benzene rings is 1. The van der Waals surface area contributed by atoms with Crippen LogP contribution in [0.5, 0.6) is 5.75 Å². The summed E-state index contributed by atoms with van der Waals surface area (Å²) in [6.07, 6.45) is 0. The number of nitrogen functional groups attached to an aromatic ring is 1. The Hall–Kier alpha value is -1.65. The predicted octanol–water partition coefficient (Wildman–Crippen LogP) is 1.81. The largest absolute Gasteiger partial charge is 0.494 e. The SMILES string of the molecule is COc1ccc(N=O)c(N)c1F. The van der Waals surface area contributed by atoms with Gasteiger partial charge in [-0.05, 0) is 17.3 Å². The fraction of sp³-hybridized carbons (Fsp3) is 0.143. The number of nitrogens with two attached hydrogens (primary N) is 1. The third kappa shape index (κ3) is 1.20. The van der Waals surface area contributed by atoms with Crippen molar-refractivity contribution in [2.75, 3.05) is 12.8 Å². The Labute approximate surface area is 68.1 Å². The quantitative estimate of drug-likeness (QED) is 0.543. The Balaban J connectivity index is 3.29. The van der Waals surface area contributed by atoms with Crippen molar-refractivity contribution in [2.24, 2.45) is 5.18 Å². The summed E-state index contributed by atoms with van der Waals surface area (Å²) in [4.78, 5) is 10.0. The van der Waals surface area contributed by atoms with Gasteiger partial charge < -0.3 is 10.5 Å². The van der Waals surface area contributed by atoms with Crippen LogP contribution in [0.2, 0.25) is 0 Å². The van der Waals surface area contributed by atoms with Crippen LogP contribution in [0.3, 0.4) is 0 Å². The molecule has 0 bridgehead atoms. The molecule has 0 saturated heterocycles. The zero-order chi connectivity index (χ0) is 9.14.